The lowest BCUT2D eigenvalue weighted by Gasteiger charge is -2.47. The normalized spacial score (nSPS) is 35.7. The van der Waals surface area contributed by atoms with Gasteiger partial charge in [-0.3, -0.25) is 14.4 Å². The number of nitrogens with one attached hydrogen (secondary N) is 3. The van der Waals surface area contributed by atoms with Crippen LogP contribution in [0, 0.1) is 11.8 Å². The van der Waals surface area contributed by atoms with E-state index >= 15 is 0 Å². The molecule has 4 aliphatic heterocycles. The molecule has 0 spiro atoms. The average Bonchev–Trinajstić information content (AvgIpc) is 3.46. The van der Waals surface area contributed by atoms with Gasteiger partial charge in [0.25, 0.3) is 0 Å². The molecular weight excluding hydrogens is 460 g/mol. The van der Waals surface area contributed by atoms with Crippen molar-refractivity contribution < 1.29 is 24.3 Å². The number of hydrogen-bond acceptors (Lipinski definition) is 8. The Hall–Kier alpha value is -2.15. The van der Waals surface area contributed by atoms with Gasteiger partial charge in [-0.1, -0.05) is 6.92 Å². The van der Waals surface area contributed by atoms with Gasteiger partial charge in [-0.15, -0.1) is 11.8 Å². The predicted octanol–water partition coefficient (Wildman–Crippen LogP) is -1.49. The number of nitrogens with two attached hydrogens (primary N) is 1. The Balaban J connectivity index is 1.44. The molecule has 0 aromatic heterocycles. The summed E-state index contributed by atoms with van der Waals surface area (Å²) in [5, 5.41) is 19.2. The molecule has 0 radical (unpaired) electrons. The van der Waals surface area contributed by atoms with Gasteiger partial charge < -0.3 is 36.6 Å². The molecule has 4 rings (SSSR count). The molecular formula is C22H34N6O5S. The van der Waals surface area contributed by atoms with Crippen LogP contribution in [0.15, 0.2) is 10.6 Å². The van der Waals surface area contributed by atoms with Gasteiger partial charge in [0.05, 0.1) is 24.0 Å². The summed E-state index contributed by atoms with van der Waals surface area (Å²) >= 11 is 1.45. The van der Waals surface area contributed by atoms with Crippen LogP contribution in [0.1, 0.15) is 26.7 Å². The van der Waals surface area contributed by atoms with Crippen molar-refractivity contribution >= 4 is 35.5 Å². The van der Waals surface area contributed by atoms with E-state index in [0.717, 1.165) is 0 Å². The fourth-order valence-electron chi connectivity index (χ4n) is 5.55. The highest BCUT2D eigenvalue weighted by molar-refractivity contribution is 8.03. The van der Waals surface area contributed by atoms with E-state index in [0.29, 0.717) is 30.8 Å². The molecule has 3 amide bonds. The molecule has 3 saturated heterocycles. The van der Waals surface area contributed by atoms with Crippen molar-refractivity contribution in [2.24, 2.45) is 17.6 Å². The smallest absolute Gasteiger partial charge is 0.353 e. The van der Waals surface area contributed by atoms with Crippen LogP contribution in [-0.4, -0.2) is 101 Å². The molecule has 4 aliphatic rings. The van der Waals surface area contributed by atoms with E-state index < -0.39 is 17.9 Å². The molecule has 6 N–H and O–H groups in total. The van der Waals surface area contributed by atoms with Crippen LogP contribution in [-0.2, 0) is 19.2 Å². The highest BCUT2D eigenvalue weighted by Crippen LogP contribution is 2.51. The number of rotatable bonds is 7. The summed E-state index contributed by atoms with van der Waals surface area (Å²) in [6.45, 7) is 4.89. The Morgan fingerprint density at radius 3 is 2.47 bits per heavy atom. The number of β-lactam (4-membered cyclic amide) rings is 1. The minimum Gasteiger partial charge on any atom is -0.477 e. The van der Waals surface area contributed by atoms with Gasteiger partial charge in [0.15, 0.2) is 0 Å². The number of carboxylic acid groups (broad SMARTS) is 1. The van der Waals surface area contributed by atoms with Crippen molar-refractivity contribution in [1.29, 1.82) is 0 Å². The molecule has 34 heavy (non-hydrogen) atoms. The zero-order valence-electron chi connectivity index (χ0n) is 19.9. The summed E-state index contributed by atoms with van der Waals surface area (Å²) in [5.41, 5.74) is 5.91. The fourth-order valence-corrected chi connectivity index (χ4v) is 7.03. The second-order valence-corrected chi connectivity index (χ2v) is 11.3. The molecule has 11 nitrogen and oxygen atoms in total. The van der Waals surface area contributed by atoms with Crippen LogP contribution < -0.4 is 21.7 Å². The van der Waals surface area contributed by atoms with E-state index in [9.17, 15) is 24.3 Å². The van der Waals surface area contributed by atoms with Crippen LogP contribution in [0.2, 0.25) is 0 Å². The van der Waals surface area contributed by atoms with Gasteiger partial charge in [-0.2, -0.15) is 0 Å². The van der Waals surface area contributed by atoms with Crippen molar-refractivity contribution in [3.05, 3.63) is 10.6 Å². The van der Waals surface area contributed by atoms with Gasteiger partial charge in [-0.25, -0.2) is 4.79 Å². The maximum absolute atomic E-state index is 13.1. The van der Waals surface area contributed by atoms with E-state index in [1.165, 1.54) is 16.7 Å². The Labute approximate surface area is 203 Å². The molecule has 8 atom stereocenters. The average molecular weight is 495 g/mol. The lowest BCUT2D eigenvalue weighted by Crippen LogP contribution is -2.66. The molecule has 0 unspecified atom stereocenters. The largest absolute Gasteiger partial charge is 0.477 e. The van der Waals surface area contributed by atoms with Crippen LogP contribution in [0.4, 0.5) is 0 Å². The maximum Gasteiger partial charge on any atom is 0.353 e. The zero-order valence-corrected chi connectivity index (χ0v) is 20.7. The van der Waals surface area contributed by atoms with Crippen LogP contribution in [0.25, 0.3) is 0 Å². The summed E-state index contributed by atoms with van der Waals surface area (Å²) in [5.74, 6) is -2.27. The molecule has 0 aromatic carbocycles. The number of carbonyl (C=O) groups excluding carboxylic acids is 3. The van der Waals surface area contributed by atoms with E-state index in [4.69, 9.17) is 5.73 Å². The molecule has 0 aliphatic carbocycles. The van der Waals surface area contributed by atoms with Crippen molar-refractivity contribution in [3.63, 3.8) is 0 Å². The van der Waals surface area contributed by atoms with Crippen molar-refractivity contribution in [1.82, 2.24) is 25.8 Å². The summed E-state index contributed by atoms with van der Waals surface area (Å²) in [4.78, 5) is 53.7. The lowest BCUT2D eigenvalue weighted by molar-refractivity contribution is -0.158. The number of carbonyl (C=O) groups is 4. The van der Waals surface area contributed by atoms with Crippen molar-refractivity contribution in [3.8, 4) is 0 Å². The first-order chi connectivity index (χ1) is 16.0. The fraction of sp³-hybridized carbons (Fsp3) is 0.727. The number of carboxylic acids is 1. The number of fused-ring (bicyclic) bond motifs is 1. The monoisotopic (exact) mass is 494 g/mol. The predicted molar refractivity (Wildman–Crippen MR) is 126 cm³/mol. The number of hydrogen-bond donors (Lipinski definition) is 5. The standard InChI is InChI=1S/C22H34N6O5S/c1-9-16-15(10(2)26-19(29)13-5-11(23)7-24-13)21(31)28(16)17(22(32)33)18(9)34-12-6-14(25-8-12)20(30)27(3)4/h9-16,24-25H,5-8,23H2,1-4H3,(H,26,29)(H,32,33)/t9-,10-,11+,12+,13+,14+,15-,16-/m1/s1. The number of aliphatic carboxylic acids is 1. The highest BCUT2D eigenvalue weighted by atomic mass is 32.2. The van der Waals surface area contributed by atoms with E-state index in [1.54, 1.807) is 25.9 Å². The zero-order chi connectivity index (χ0) is 24.9. The van der Waals surface area contributed by atoms with Crippen LogP contribution >= 0.6 is 11.8 Å². The molecule has 3 fully saturated rings. The Morgan fingerprint density at radius 1 is 1.21 bits per heavy atom. The minimum atomic E-state index is -1.13. The SMILES string of the molecule is C[C@@H](NC(=O)[C@@H]1C[C@H](N)CN1)[C@H]1C(=O)N2C(C(=O)O)=C(S[C@@H]3CN[C@H](C(=O)N(C)C)C3)[C@H](C)[C@H]12. The van der Waals surface area contributed by atoms with E-state index in [1.807, 2.05) is 6.92 Å². The third-order valence-electron chi connectivity index (χ3n) is 7.30. The van der Waals surface area contributed by atoms with Gasteiger partial charge in [0.1, 0.15) is 5.70 Å². The first-order valence-electron chi connectivity index (χ1n) is 11.7. The van der Waals surface area contributed by atoms with Crippen molar-refractivity contribution in [2.45, 2.75) is 62.1 Å². The quantitative estimate of drug-likeness (QED) is 0.266. The molecule has 4 heterocycles. The molecule has 12 heteroatoms. The third kappa shape index (κ3) is 4.32. The number of amides is 3. The van der Waals surface area contributed by atoms with E-state index in [-0.39, 0.29) is 58.8 Å². The highest BCUT2D eigenvalue weighted by Gasteiger charge is 2.60. The number of nitrogens with zero attached hydrogens (tertiary/aromatic N) is 2. The summed E-state index contributed by atoms with van der Waals surface area (Å²) in [6, 6.07) is -1.49. The second kappa shape index (κ2) is 9.48. The van der Waals surface area contributed by atoms with Crippen LogP contribution in [0.5, 0.6) is 0 Å². The first-order valence-corrected chi connectivity index (χ1v) is 12.6. The summed E-state index contributed by atoms with van der Waals surface area (Å²) in [6.07, 6.45) is 1.14. The molecule has 188 valence electrons. The lowest BCUT2D eigenvalue weighted by atomic mass is 9.78. The van der Waals surface area contributed by atoms with Gasteiger partial charge in [0, 0.05) is 55.3 Å². The number of likely N-dealkylation sites (N-methyl/N-ethyl adjacent to an activating group) is 1. The number of thioether (sulfide) groups is 1. The Kier molecular flexibility index (Phi) is 6.96. The first kappa shape index (κ1) is 25.0. The summed E-state index contributed by atoms with van der Waals surface area (Å²) in [7, 11) is 3.42. The van der Waals surface area contributed by atoms with Gasteiger partial charge in [0.2, 0.25) is 17.7 Å². The van der Waals surface area contributed by atoms with E-state index in [2.05, 4.69) is 16.0 Å². The molecule has 0 saturated carbocycles. The third-order valence-corrected chi connectivity index (χ3v) is 8.82. The topological polar surface area (TPSA) is 157 Å². The molecule has 0 aromatic rings. The van der Waals surface area contributed by atoms with Crippen molar-refractivity contribution in [2.75, 3.05) is 27.2 Å². The second-order valence-electron chi connectivity index (χ2n) is 9.95. The molecule has 0 bridgehead atoms. The Morgan fingerprint density at radius 2 is 1.88 bits per heavy atom. The minimum absolute atomic E-state index is 0.00338. The maximum atomic E-state index is 13.1. The van der Waals surface area contributed by atoms with Gasteiger partial charge in [-0.05, 0) is 19.8 Å². The summed E-state index contributed by atoms with van der Waals surface area (Å²) < 4.78 is 0. The van der Waals surface area contributed by atoms with Gasteiger partial charge >= 0.3 is 5.97 Å². The van der Waals surface area contributed by atoms with Crippen LogP contribution in [0.3, 0.4) is 0 Å². The Bertz CT molecular complexity index is 925.